The van der Waals surface area contributed by atoms with E-state index in [0.717, 1.165) is 30.5 Å². The SMILES string of the molecule is Nc1nc(-c2cc(-c3ccc(O)cc3)ccc2O)cc(N2CCCC(CO)C2)n1. The third-order valence-electron chi connectivity index (χ3n) is 5.30. The summed E-state index contributed by atoms with van der Waals surface area (Å²) in [5.41, 5.74) is 8.87. The maximum absolute atomic E-state index is 10.5. The summed E-state index contributed by atoms with van der Waals surface area (Å²) in [7, 11) is 0. The molecule has 1 aromatic heterocycles. The molecule has 5 N–H and O–H groups in total. The van der Waals surface area contributed by atoms with Crippen molar-refractivity contribution in [1.82, 2.24) is 9.97 Å². The summed E-state index contributed by atoms with van der Waals surface area (Å²) in [6.07, 6.45) is 1.97. The van der Waals surface area contributed by atoms with Gasteiger partial charge in [-0.1, -0.05) is 18.2 Å². The van der Waals surface area contributed by atoms with Crippen molar-refractivity contribution in [3.63, 3.8) is 0 Å². The van der Waals surface area contributed by atoms with Crippen molar-refractivity contribution in [2.45, 2.75) is 12.8 Å². The van der Waals surface area contributed by atoms with Gasteiger partial charge in [-0.3, -0.25) is 0 Å². The van der Waals surface area contributed by atoms with Gasteiger partial charge in [0.1, 0.15) is 17.3 Å². The van der Waals surface area contributed by atoms with Crippen LogP contribution >= 0.6 is 0 Å². The molecule has 1 aliphatic heterocycles. The van der Waals surface area contributed by atoms with Gasteiger partial charge in [-0.25, -0.2) is 4.98 Å². The minimum absolute atomic E-state index is 0.100. The number of nitrogens with two attached hydrogens (primary N) is 1. The number of aliphatic hydroxyl groups is 1. The highest BCUT2D eigenvalue weighted by Crippen LogP contribution is 2.35. The third kappa shape index (κ3) is 4.09. The lowest BCUT2D eigenvalue weighted by Crippen LogP contribution is -2.37. The van der Waals surface area contributed by atoms with Crippen LogP contribution in [0.25, 0.3) is 22.4 Å². The Bertz CT molecular complexity index is 1010. The summed E-state index contributed by atoms with van der Waals surface area (Å²) in [6, 6.07) is 14.0. The second-order valence-electron chi connectivity index (χ2n) is 7.39. The molecule has 1 aliphatic rings. The van der Waals surface area contributed by atoms with Gasteiger partial charge < -0.3 is 26.0 Å². The van der Waals surface area contributed by atoms with E-state index in [1.165, 1.54) is 0 Å². The molecule has 0 saturated carbocycles. The molecular weight excluding hydrogens is 368 g/mol. The Morgan fingerprint density at radius 2 is 1.76 bits per heavy atom. The average molecular weight is 392 g/mol. The number of nitrogen functional groups attached to an aromatic ring is 1. The molecule has 29 heavy (non-hydrogen) atoms. The smallest absolute Gasteiger partial charge is 0.222 e. The topological polar surface area (TPSA) is 116 Å². The summed E-state index contributed by atoms with van der Waals surface area (Å²) >= 11 is 0. The lowest BCUT2D eigenvalue weighted by Gasteiger charge is -2.32. The molecule has 0 bridgehead atoms. The zero-order valence-corrected chi connectivity index (χ0v) is 16.0. The first-order valence-corrected chi connectivity index (χ1v) is 9.66. The molecule has 3 aromatic rings. The number of phenols is 2. The van der Waals surface area contributed by atoms with E-state index in [4.69, 9.17) is 5.73 Å². The number of nitrogens with zero attached hydrogens (tertiary/aromatic N) is 3. The van der Waals surface area contributed by atoms with E-state index < -0.39 is 0 Å². The second-order valence-corrected chi connectivity index (χ2v) is 7.39. The Morgan fingerprint density at radius 3 is 2.52 bits per heavy atom. The molecule has 1 saturated heterocycles. The monoisotopic (exact) mass is 392 g/mol. The Kier molecular flexibility index (Phi) is 5.22. The fourth-order valence-electron chi connectivity index (χ4n) is 3.75. The largest absolute Gasteiger partial charge is 0.508 e. The molecule has 0 amide bonds. The summed E-state index contributed by atoms with van der Waals surface area (Å²) in [5, 5.41) is 29.5. The third-order valence-corrected chi connectivity index (χ3v) is 5.30. The van der Waals surface area contributed by atoms with Gasteiger partial charge >= 0.3 is 0 Å². The summed E-state index contributed by atoms with van der Waals surface area (Å²) in [5.74, 6) is 1.35. The molecule has 7 nitrogen and oxygen atoms in total. The lowest BCUT2D eigenvalue weighted by molar-refractivity contribution is 0.208. The van der Waals surface area contributed by atoms with Crippen LogP contribution in [0.2, 0.25) is 0 Å². The first-order valence-electron chi connectivity index (χ1n) is 9.66. The highest BCUT2D eigenvalue weighted by Gasteiger charge is 2.22. The fourth-order valence-corrected chi connectivity index (χ4v) is 3.75. The van der Waals surface area contributed by atoms with Crippen LogP contribution in [-0.2, 0) is 0 Å². The normalized spacial score (nSPS) is 16.7. The van der Waals surface area contributed by atoms with Crippen molar-refractivity contribution in [3.8, 4) is 33.9 Å². The molecule has 150 valence electrons. The molecule has 0 spiro atoms. The molecular formula is C22H24N4O3. The standard InChI is InChI=1S/C22H24N4O3/c23-22-24-19(11-21(25-22)26-9-1-2-14(12-26)13-27)18-10-16(5-8-20(18)29)15-3-6-17(28)7-4-15/h3-8,10-11,14,27-29H,1-2,9,12-13H2,(H2,23,24,25). The number of hydrogen-bond donors (Lipinski definition) is 4. The van der Waals surface area contributed by atoms with Gasteiger partial charge in [-0.2, -0.15) is 4.98 Å². The number of aromatic nitrogens is 2. The lowest BCUT2D eigenvalue weighted by atomic mass is 9.98. The zero-order valence-electron chi connectivity index (χ0n) is 16.0. The Hall–Kier alpha value is -3.32. The van der Waals surface area contributed by atoms with Crippen LogP contribution in [-0.4, -0.2) is 45.0 Å². The van der Waals surface area contributed by atoms with Crippen molar-refractivity contribution in [2.24, 2.45) is 5.92 Å². The molecule has 2 heterocycles. The molecule has 4 rings (SSSR count). The molecule has 1 unspecified atom stereocenters. The molecule has 2 aromatic carbocycles. The predicted molar refractivity (Wildman–Crippen MR) is 113 cm³/mol. The number of rotatable bonds is 4. The highest BCUT2D eigenvalue weighted by molar-refractivity contribution is 5.77. The number of aliphatic hydroxyl groups excluding tert-OH is 1. The van der Waals surface area contributed by atoms with Crippen molar-refractivity contribution in [3.05, 3.63) is 48.5 Å². The van der Waals surface area contributed by atoms with E-state index in [2.05, 4.69) is 14.9 Å². The first-order chi connectivity index (χ1) is 14.0. The van der Waals surface area contributed by atoms with Gasteiger partial charge in [0, 0.05) is 31.3 Å². The second kappa shape index (κ2) is 7.97. The number of hydrogen-bond acceptors (Lipinski definition) is 7. The van der Waals surface area contributed by atoms with Crippen LogP contribution in [0.4, 0.5) is 11.8 Å². The van der Waals surface area contributed by atoms with Crippen molar-refractivity contribution in [1.29, 1.82) is 0 Å². The van der Waals surface area contributed by atoms with Gasteiger partial charge in [-0.05, 0) is 54.2 Å². The molecule has 1 atom stereocenters. The highest BCUT2D eigenvalue weighted by atomic mass is 16.3. The minimum Gasteiger partial charge on any atom is -0.508 e. The van der Waals surface area contributed by atoms with Crippen LogP contribution < -0.4 is 10.6 Å². The first kappa shape index (κ1) is 19.0. The summed E-state index contributed by atoms with van der Waals surface area (Å²) < 4.78 is 0. The van der Waals surface area contributed by atoms with Crippen LogP contribution in [0.15, 0.2) is 48.5 Å². The number of anilines is 2. The van der Waals surface area contributed by atoms with E-state index in [9.17, 15) is 15.3 Å². The van der Waals surface area contributed by atoms with E-state index in [-0.39, 0.29) is 30.0 Å². The number of phenolic OH excluding ortho intramolecular Hbond substituents is 2. The van der Waals surface area contributed by atoms with Gasteiger partial charge in [-0.15, -0.1) is 0 Å². The molecule has 1 fully saturated rings. The van der Waals surface area contributed by atoms with E-state index in [0.29, 0.717) is 23.6 Å². The van der Waals surface area contributed by atoms with E-state index in [1.807, 2.05) is 30.3 Å². The van der Waals surface area contributed by atoms with E-state index >= 15 is 0 Å². The molecule has 0 radical (unpaired) electrons. The Balaban J connectivity index is 1.72. The van der Waals surface area contributed by atoms with Crippen LogP contribution in [0.5, 0.6) is 11.5 Å². The quantitative estimate of drug-likeness (QED) is 0.539. The van der Waals surface area contributed by atoms with E-state index in [1.54, 1.807) is 18.2 Å². The summed E-state index contributed by atoms with van der Waals surface area (Å²) in [4.78, 5) is 10.8. The number of benzene rings is 2. The maximum Gasteiger partial charge on any atom is 0.222 e. The number of aromatic hydroxyl groups is 2. The van der Waals surface area contributed by atoms with Gasteiger partial charge in [0.2, 0.25) is 5.95 Å². The van der Waals surface area contributed by atoms with Gasteiger partial charge in [0.05, 0.1) is 5.69 Å². The van der Waals surface area contributed by atoms with Crippen molar-refractivity contribution >= 4 is 11.8 Å². The van der Waals surface area contributed by atoms with Gasteiger partial charge in [0.15, 0.2) is 0 Å². The zero-order chi connectivity index (χ0) is 20.4. The summed E-state index contributed by atoms with van der Waals surface area (Å²) in [6.45, 7) is 1.71. The maximum atomic E-state index is 10.5. The van der Waals surface area contributed by atoms with Crippen LogP contribution in [0, 0.1) is 5.92 Å². The van der Waals surface area contributed by atoms with Crippen molar-refractivity contribution in [2.75, 3.05) is 30.3 Å². The number of piperidine rings is 1. The van der Waals surface area contributed by atoms with Crippen LogP contribution in [0.1, 0.15) is 12.8 Å². The van der Waals surface area contributed by atoms with Gasteiger partial charge in [0.25, 0.3) is 0 Å². The predicted octanol–water partition coefficient (Wildman–Crippen LogP) is 3.01. The Morgan fingerprint density at radius 1 is 1.00 bits per heavy atom. The minimum atomic E-state index is 0.100. The van der Waals surface area contributed by atoms with Crippen molar-refractivity contribution < 1.29 is 15.3 Å². The Labute approximate surface area is 169 Å². The molecule has 7 heteroatoms. The van der Waals surface area contributed by atoms with Crippen LogP contribution in [0.3, 0.4) is 0 Å². The molecule has 0 aliphatic carbocycles. The average Bonchev–Trinajstić information content (AvgIpc) is 2.74. The fraction of sp³-hybridized carbons (Fsp3) is 0.273.